The van der Waals surface area contributed by atoms with Crippen molar-refractivity contribution in [3.8, 4) is 28.4 Å². The Labute approximate surface area is 202 Å². The highest BCUT2D eigenvalue weighted by Crippen LogP contribution is 2.35. The minimum atomic E-state index is -0.325. The third-order valence-electron chi connectivity index (χ3n) is 5.64. The van der Waals surface area contributed by atoms with Crippen LogP contribution in [0.25, 0.3) is 16.9 Å². The molecule has 0 unspecified atom stereocenters. The van der Waals surface area contributed by atoms with Crippen molar-refractivity contribution in [1.82, 2.24) is 20.0 Å². The van der Waals surface area contributed by atoms with Crippen LogP contribution in [0.2, 0.25) is 0 Å². The van der Waals surface area contributed by atoms with Crippen molar-refractivity contribution in [2.24, 2.45) is 0 Å². The number of hydrogen-bond acceptors (Lipinski definition) is 7. The molecular formula is C25H27N5O3S. The van der Waals surface area contributed by atoms with Crippen molar-refractivity contribution in [2.45, 2.75) is 32.6 Å². The summed E-state index contributed by atoms with van der Waals surface area (Å²) in [6, 6.07) is 15.0. The number of nitrogens with one attached hydrogen (secondary N) is 1. The van der Waals surface area contributed by atoms with Gasteiger partial charge in [0.25, 0.3) is 5.91 Å². The molecule has 176 valence electrons. The van der Waals surface area contributed by atoms with E-state index in [0.29, 0.717) is 39.4 Å². The van der Waals surface area contributed by atoms with Crippen molar-refractivity contribution < 1.29 is 14.3 Å². The summed E-state index contributed by atoms with van der Waals surface area (Å²) < 4.78 is 12.6. The maximum absolute atomic E-state index is 13.4. The van der Waals surface area contributed by atoms with Crippen LogP contribution in [-0.2, 0) is 0 Å². The number of carbonyl (C=O) groups is 1. The number of aromatic nitrogens is 4. The average Bonchev–Trinajstić information content (AvgIpc) is 3.53. The zero-order valence-corrected chi connectivity index (χ0v) is 20.4. The van der Waals surface area contributed by atoms with E-state index in [9.17, 15) is 4.79 Å². The summed E-state index contributed by atoms with van der Waals surface area (Å²) in [4.78, 5) is 13.4. The van der Waals surface area contributed by atoms with Gasteiger partial charge in [0.05, 0.1) is 25.5 Å². The number of ether oxygens (including phenoxy) is 2. The van der Waals surface area contributed by atoms with Gasteiger partial charge in [0, 0.05) is 17.7 Å². The lowest BCUT2D eigenvalue weighted by molar-refractivity contribution is 0.102. The monoisotopic (exact) mass is 477 g/mol. The Bertz CT molecular complexity index is 1260. The molecule has 0 aliphatic carbocycles. The van der Waals surface area contributed by atoms with Crippen molar-refractivity contribution >= 4 is 22.4 Å². The molecular weight excluding hydrogens is 450 g/mol. The Balaban J connectivity index is 1.76. The van der Waals surface area contributed by atoms with Crippen LogP contribution in [0, 0.1) is 0 Å². The van der Waals surface area contributed by atoms with Gasteiger partial charge in [-0.2, -0.15) is 5.10 Å². The molecule has 0 atom stereocenters. The van der Waals surface area contributed by atoms with Gasteiger partial charge < -0.3 is 9.47 Å². The maximum atomic E-state index is 13.4. The second kappa shape index (κ2) is 10.5. The quantitative estimate of drug-likeness (QED) is 0.339. The zero-order valence-electron chi connectivity index (χ0n) is 19.6. The summed E-state index contributed by atoms with van der Waals surface area (Å²) >= 11 is 1.41. The predicted octanol–water partition coefficient (Wildman–Crippen LogP) is 5.56. The summed E-state index contributed by atoms with van der Waals surface area (Å²) in [5.41, 5.74) is 2.34. The van der Waals surface area contributed by atoms with E-state index in [2.05, 4.69) is 29.4 Å². The van der Waals surface area contributed by atoms with Gasteiger partial charge in [0.1, 0.15) is 22.2 Å². The highest BCUT2D eigenvalue weighted by molar-refractivity contribution is 7.15. The summed E-state index contributed by atoms with van der Waals surface area (Å²) in [6.45, 7) is 4.25. The summed E-state index contributed by atoms with van der Waals surface area (Å²) in [5.74, 6) is 1.23. The van der Waals surface area contributed by atoms with Gasteiger partial charge in [0.2, 0.25) is 5.13 Å². The van der Waals surface area contributed by atoms with Crippen LogP contribution >= 0.6 is 11.3 Å². The number of hydrogen-bond donors (Lipinski definition) is 1. The van der Waals surface area contributed by atoms with Crippen LogP contribution in [-0.4, -0.2) is 40.1 Å². The molecule has 0 spiro atoms. The van der Waals surface area contributed by atoms with Crippen molar-refractivity contribution in [1.29, 1.82) is 0 Å². The predicted molar refractivity (Wildman–Crippen MR) is 133 cm³/mol. The van der Waals surface area contributed by atoms with Crippen LogP contribution < -0.4 is 14.8 Å². The fourth-order valence-electron chi connectivity index (χ4n) is 3.70. The van der Waals surface area contributed by atoms with Gasteiger partial charge in [-0.3, -0.25) is 10.1 Å². The summed E-state index contributed by atoms with van der Waals surface area (Å²) in [5, 5.41) is 17.5. The van der Waals surface area contributed by atoms with Crippen LogP contribution in [0.1, 0.15) is 48.0 Å². The van der Waals surface area contributed by atoms with Crippen molar-refractivity contribution in [2.75, 3.05) is 19.5 Å². The number of methoxy groups -OCH3 is 2. The average molecular weight is 478 g/mol. The highest BCUT2D eigenvalue weighted by atomic mass is 32.1. The Morgan fingerprint density at radius 3 is 2.50 bits per heavy atom. The molecule has 0 fully saturated rings. The minimum absolute atomic E-state index is 0.325. The van der Waals surface area contributed by atoms with E-state index < -0.39 is 0 Å². The third kappa shape index (κ3) is 4.79. The molecule has 0 radical (unpaired) electrons. The number of nitrogens with zero attached hydrogens (tertiary/aromatic N) is 4. The normalized spacial score (nSPS) is 11.0. The molecule has 0 saturated carbocycles. The zero-order chi connectivity index (χ0) is 24.1. The minimum Gasteiger partial charge on any atom is -0.497 e. The Hall–Kier alpha value is -3.72. The molecule has 1 N–H and O–H groups in total. The van der Waals surface area contributed by atoms with E-state index in [-0.39, 0.29) is 5.91 Å². The summed E-state index contributed by atoms with van der Waals surface area (Å²) in [7, 11) is 3.18. The van der Waals surface area contributed by atoms with Crippen LogP contribution in [0.3, 0.4) is 0 Å². The first kappa shape index (κ1) is 23.4. The molecule has 0 aliphatic rings. The van der Waals surface area contributed by atoms with E-state index in [0.717, 1.165) is 23.5 Å². The van der Waals surface area contributed by atoms with Crippen molar-refractivity contribution in [3.63, 3.8) is 0 Å². The van der Waals surface area contributed by atoms with Gasteiger partial charge in [-0.25, -0.2) is 4.68 Å². The smallest absolute Gasteiger partial charge is 0.261 e. The number of anilines is 1. The molecule has 4 aromatic rings. The highest BCUT2D eigenvalue weighted by Gasteiger charge is 2.23. The second-order valence-electron chi connectivity index (χ2n) is 7.65. The molecule has 1 amide bonds. The molecule has 9 heteroatoms. The molecule has 8 nitrogen and oxygen atoms in total. The van der Waals surface area contributed by atoms with Gasteiger partial charge in [0.15, 0.2) is 0 Å². The van der Waals surface area contributed by atoms with Crippen LogP contribution in [0.4, 0.5) is 5.13 Å². The van der Waals surface area contributed by atoms with E-state index in [1.165, 1.54) is 11.3 Å². The molecule has 2 heterocycles. The van der Waals surface area contributed by atoms with E-state index in [1.807, 2.05) is 36.4 Å². The number of carbonyl (C=O) groups excluding carboxylic acids is 1. The standard InChI is InChI=1S/C25H27N5O3S/c1-5-16(6-2)24-27-28-25(34-24)26-23(31)20-15-30(17-10-8-7-9-11-17)29-22(20)19-14-18(32-3)12-13-21(19)33-4/h7-16H,5-6H2,1-4H3,(H,26,28,31). The molecule has 34 heavy (non-hydrogen) atoms. The Morgan fingerprint density at radius 2 is 1.82 bits per heavy atom. The SMILES string of the molecule is CCC(CC)c1nnc(NC(=O)c2cn(-c3ccccc3)nc2-c2cc(OC)ccc2OC)s1. The topological polar surface area (TPSA) is 91.2 Å². The van der Waals surface area contributed by atoms with Gasteiger partial charge in [-0.1, -0.05) is 43.4 Å². The number of rotatable bonds is 9. The number of para-hydroxylation sites is 1. The van der Waals surface area contributed by atoms with Crippen LogP contribution in [0.15, 0.2) is 54.7 Å². The Morgan fingerprint density at radius 1 is 1.06 bits per heavy atom. The first-order valence-corrected chi connectivity index (χ1v) is 11.9. The lowest BCUT2D eigenvalue weighted by Crippen LogP contribution is -2.12. The molecule has 4 rings (SSSR count). The van der Waals surface area contributed by atoms with Gasteiger partial charge >= 0.3 is 0 Å². The first-order valence-electron chi connectivity index (χ1n) is 11.1. The van der Waals surface area contributed by atoms with E-state index in [4.69, 9.17) is 14.6 Å². The molecule has 2 aromatic carbocycles. The second-order valence-corrected chi connectivity index (χ2v) is 8.66. The lowest BCUT2D eigenvalue weighted by Gasteiger charge is -2.10. The Kier molecular flexibility index (Phi) is 7.22. The largest absolute Gasteiger partial charge is 0.497 e. The van der Waals surface area contributed by atoms with E-state index in [1.54, 1.807) is 37.2 Å². The van der Waals surface area contributed by atoms with Crippen LogP contribution in [0.5, 0.6) is 11.5 Å². The fraction of sp³-hybridized carbons (Fsp3) is 0.280. The van der Waals surface area contributed by atoms with E-state index >= 15 is 0 Å². The lowest BCUT2D eigenvalue weighted by atomic mass is 10.1. The number of benzene rings is 2. The molecule has 2 aromatic heterocycles. The maximum Gasteiger partial charge on any atom is 0.261 e. The molecule has 0 saturated heterocycles. The first-order chi connectivity index (χ1) is 16.6. The number of amides is 1. The molecule has 0 aliphatic heterocycles. The van der Waals surface area contributed by atoms with Gasteiger partial charge in [-0.05, 0) is 43.2 Å². The summed E-state index contributed by atoms with van der Waals surface area (Å²) in [6.07, 6.45) is 3.66. The third-order valence-corrected chi connectivity index (χ3v) is 6.64. The molecule has 0 bridgehead atoms. The fourth-order valence-corrected chi connectivity index (χ4v) is 4.71. The van der Waals surface area contributed by atoms with Crippen molar-refractivity contribution in [3.05, 3.63) is 65.3 Å². The van der Waals surface area contributed by atoms with Gasteiger partial charge in [-0.15, -0.1) is 10.2 Å².